The van der Waals surface area contributed by atoms with E-state index in [1.54, 1.807) is 16.0 Å². The van der Waals surface area contributed by atoms with E-state index in [9.17, 15) is 4.79 Å². The van der Waals surface area contributed by atoms with Crippen LogP contribution in [0.15, 0.2) is 23.0 Å². The molecule has 0 aromatic carbocycles. The molecule has 1 aliphatic heterocycles. The second-order valence-corrected chi connectivity index (χ2v) is 5.72. The molecule has 0 saturated heterocycles. The van der Waals surface area contributed by atoms with E-state index in [1.807, 2.05) is 30.1 Å². The van der Waals surface area contributed by atoms with Gasteiger partial charge in [-0.3, -0.25) is 9.48 Å². The van der Waals surface area contributed by atoms with Gasteiger partial charge in [-0.05, 0) is 34.4 Å². The lowest BCUT2D eigenvalue weighted by Gasteiger charge is -2.22. The SMILES string of the molecule is Cn1cc2c(n1)[C@@H](CNC(=O)Cc1ccsc1)OCC2. The molecule has 1 N–H and O–H groups in total. The Morgan fingerprint density at radius 3 is 3.35 bits per heavy atom. The summed E-state index contributed by atoms with van der Waals surface area (Å²) >= 11 is 1.60. The van der Waals surface area contributed by atoms with Crippen LogP contribution in [0, 0.1) is 0 Å². The van der Waals surface area contributed by atoms with Crippen molar-refractivity contribution >= 4 is 17.2 Å². The van der Waals surface area contributed by atoms with Crippen LogP contribution in [0.2, 0.25) is 0 Å². The number of nitrogens with zero attached hydrogens (tertiary/aromatic N) is 2. The monoisotopic (exact) mass is 291 g/mol. The summed E-state index contributed by atoms with van der Waals surface area (Å²) in [6.07, 6.45) is 3.21. The number of nitrogens with one attached hydrogen (secondary N) is 1. The van der Waals surface area contributed by atoms with Crippen molar-refractivity contribution in [3.63, 3.8) is 0 Å². The molecule has 20 heavy (non-hydrogen) atoms. The molecule has 5 nitrogen and oxygen atoms in total. The van der Waals surface area contributed by atoms with Crippen LogP contribution in [0.1, 0.15) is 22.9 Å². The van der Waals surface area contributed by atoms with Crippen LogP contribution in [0.25, 0.3) is 0 Å². The Balaban J connectivity index is 1.57. The van der Waals surface area contributed by atoms with Crippen LogP contribution in [0.3, 0.4) is 0 Å². The number of aromatic nitrogens is 2. The molecule has 106 valence electrons. The normalized spacial score (nSPS) is 17.8. The molecular formula is C14H17N3O2S. The van der Waals surface area contributed by atoms with E-state index in [0.29, 0.717) is 19.6 Å². The first-order chi connectivity index (χ1) is 9.72. The fraction of sp³-hybridized carbons (Fsp3) is 0.429. The molecule has 0 fully saturated rings. The highest BCUT2D eigenvalue weighted by atomic mass is 32.1. The quantitative estimate of drug-likeness (QED) is 0.927. The Bertz CT molecular complexity index is 592. The molecule has 3 rings (SSSR count). The second kappa shape index (κ2) is 5.76. The third-order valence-electron chi connectivity index (χ3n) is 3.36. The van der Waals surface area contributed by atoms with Crippen molar-refractivity contribution in [2.24, 2.45) is 7.05 Å². The summed E-state index contributed by atoms with van der Waals surface area (Å²) in [6, 6.07) is 1.97. The van der Waals surface area contributed by atoms with Gasteiger partial charge in [0.2, 0.25) is 5.91 Å². The number of ether oxygens (including phenoxy) is 1. The Morgan fingerprint density at radius 1 is 1.65 bits per heavy atom. The van der Waals surface area contributed by atoms with Gasteiger partial charge in [-0.2, -0.15) is 16.4 Å². The van der Waals surface area contributed by atoms with Gasteiger partial charge in [-0.1, -0.05) is 0 Å². The summed E-state index contributed by atoms with van der Waals surface area (Å²) in [5, 5.41) is 11.3. The van der Waals surface area contributed by atoms with Crippen LogP contribution in [0.5, 0.6) is 0 Å². The largest absolute Gasteiger partial charge is 0.370 e. The Kier molecular flexibility index (Phi) is 3.84. The number of amides is 1. The highest BCUT2D eigenvalue weighted by Crippen LogP contribution is 2.24. The zero-order valence-corrected chi connectivity index (χ0v) is 12.2. The summed E-state index contributed by atoms with van der Waals surface area (Å²) in [5.74, 6) is 0.0232. The van der Waals surface area contributed by atoms with Crippen molar-refractivity contribution in [2.75, 3.05) is 13.2 Å². The zero-order valence-electron chi connectivity index (χ0n) is 11.3. The second-order valence-electron chi connectivity index (χ2n) is 4.94. The van der Waals surface area contributed by atoms with Gasteiger partial charge in [0.15, 0.2) is 0 Å². The van der Waals surface area contributed by atoms with Gasteiger partial charge in [-0.25, -0.2) is 0 Å². The molecule has 0 unspecified atom stereocenters. The Labute approximate surface area is 121 Å². The number of carbonyl (C=O) groups is 1. The van der Waals surface area contributed by atoms with Gasteiger partial charge in [0.25, 0.3) is 0 Å². The Hall–Kier alpha value is -1.66. The summed E-state index contributed by atoms with van der Waals surface area (Å²) in [6.45, 7) is 1.16. The van der Waals surface area contributed by atoms with E-state index in [-0.39, 0.29) is 12.0 Å². The summed E-state index contributed by atoms with van der Waals surface area (Å²) in [5.41, 5.74) is 3.22. The number of aryl methyl sites for hydroxylation is 1. The van der Waals surface area contributed by atoms with Crippen LogP contribution in [0.4, 0.5) is 0 Å². The number of rotatable bonds is 4. The summed E-state index contributed by atoms with van der Waals surface area (Å²) in [4.78, 5) is 11.9. The first-order valence-electron chi connectivity index (χ1n) is 6.64. The minimum Gasteiger partial charge on any atom is -0.370 e. The highest BCUT2D eigenvalue weighted by Gasteiger charge is 2.24. The molecule has 0 bridgehead atoms. The van der Waals surface area contributed by atoms with E-state index in [0.717, 1.165) is 17.7 Å². The molecule has 0 saturated carbocycles. The van der Waals surface area contributed by atoms with E-state index in [2.05, 4.69) is 10.4 Å². The first kappa shape index (κ1) is 13.3. The molecule has 1 atom stereocenters. The van der Waals surface area contributed by atoms with E-state index in [1.165, 1.54) is 5.56 Å². The van der Waals surface area contributed by atoms with E-state index in [4.69, 9.17) is 4.74 Å². The van der Waals surface area contributed by atoms with E-state index < -0.39 is 0 Å². The van der Waals surface area contributed by atoms with Gasteiger partial charge < -0.3 is 10.1 Å². The minimum atomic E-state index is -0.133. The third kappa shape index (κ3) is 2.91. The molecule has 0 spiro atoms. The van der Waals surface area contributed by atoms with Crippen LogP contribution < -0.4 is 5.32 Å². The van der Waals surface area contributed by atoms with Crippen LogP contribution in [-0.2, 0) is 29.4 Å². The molecular weight excluding hydrogens is 274 g/mol. The maximum atomic E-state index is 11.9. The predicted octanol–water partition coefficient (Wildman–Crippen LogP) is 1.45. The molecule has 0 radical (unpaired) electrons. The maximum Gasteiger partial charge on any atom is 0.224 e. The van der Waals surface area contributed by atoms with Crippen LogP contribution >= 0.6 is 11.3 Å². The van der Waals surface area contributed by atoms with Gasteiger partial charge in [0.05, 0.1) is 18.7 Å². The number of hydrogen-bond acceptors (Lipinski definition) is 4. The molecule has 6 heteroatoms. The number of carbonyl (C=O) groups excluding carboxylic acids is 1. The minimum absolute atomic E-state index is 0.0232. The molecule has 1 aliphatic rings. The zero-order chi connectivity index (χ0) is 13.9. The molecule has 1 amide bonds. The smallest absolute Gasteiger partial charge is 0.224 e. The maximum absolute atomic E-state index is 11.9. The predicted molar refractivity (Wildman–Crippen MR) is 76.6 cm³/mol. The summed E-state index contributed by atoms with van der Waals surface area (Å²) in [7, 11) is 1.91. The molecule has 0 aliphatic carbocycles. The van der Waals surface area contributed by atoms with Crippen molar-refractivity contribution in [3.05, 3.63) is 39.8 Å². The lowest BCUT2D eigenvalue weighted by Crippen LogP contribution is -2.32. The molecule has 2 aromatic heterocycles. The number of fused-ring (bicyclic) bond motifs is 1. The third-order valence-corrected chi connectivity index (χ3v) is 4.09. The van der Waals surface area contributed by atoms with Gasteiger partial charge in [0.1, 0.15) is 6.10 Å². The Morgan fingerprint density at radius 2 is 2.55 bits per heavy atom. The van der Waals surface area contributed by atoms with Crippen LogP contribution in [-0.4, -0.2) is 28.8 Å². The number of thiophene rings is 1. The van der Waals surface area contributed by atoms with Crippen molar-refractivity contribution < 1.29 is 9.53 Å². The lowest BCUT2D eigenvalue weighted by atomic mass is 10.1. The standard InChI is InChI=1S/C14H17N3O2S/c1-17-8-11-2-4-19-12(14(11)16-17)7-15-13(18)6-10-3-5-20-9-10/h3,5,8-9,12H,2,4,6-7H2,1H3,(H,15,18)/t12-/m1/s1. The fourth-order valence-electron chi connectivity index (χ4n) is 2.41. The van der Waals surface area contributed by atoms with Crippen molar-refractivity contribution in [3.8, 4) is 0 Å². The van der Waals surface area contributed by atoms with Gasteiger partial charge in [-0.15, -0.1) is 0 Å². The topological polar surface area (TPSA) is 56.2 Å². The first-order valence-corrected chi connectivity index (χ1v) is 7.58. The lowest BCUT2D eigenvalue weighted by molar-refractivity contribution is -0.121. The van der Waals surface area contributed by atoms with Crippen molar-refractivity contribution in [1.29, 1.82) is 0 Å². The van der Waals surface area contributed by atoms with Gasteiger partial charge in [0, 0.05) is 19.8 Å². The van der Waals surface area contributed by atoms with Crippen molar-refractivity contribution in [1.82, 2.24) is 15.1 Å². The molecule has 3 heterocycles. The average molecular weight is 291 g/mol. The fourth-order valence-corrected chi connectivity index (χ4v) is 3.08. The highest BCUT2D eigenvalue weighted by molar-refractivity contribution is 7.07. The van der Waals surface area contributed by atoms with Crippen molar-refractivity contribution in [2.45, 2.75) is 18.9 Å². The average Bonchev–Trinajstić information content (AvgIpc) is 3.04. The van der Waals surface area contributed by atoms with Gasteiger partial charge >= 0.3 is 0 Å². The summed E-state index contributed by atoms with van der Waals surface area (Å²) < 4.78 is 7.52. The van der Waals surface area contributed by atoms with E-state index >= 15 is 0 Å². The number of hydrogen-bond donors (Lipinski definition) is 1. The molecule has 2 aromatic rings.